The monoisotopic (exact) mass is 295 g/mol. The van der Waals surface area contributed by atoms with Crippen molar-refractivity contribution in [1.29, 1.82) is 0 Å². The second-order valence-electron chi connectivity index (χ2n) is 6.31. The summed E-state index contributed by atoms with van der Waals surface area (Å²) in [6.45, 7) is 6.26. The van der Waals surface area contributed by atoms with Crippen LogP contribution in [-0.4, -0.2) is 25.3 Å². The first kappa shape index (κ1) is 15.1. The molecule has 1 fully saturated rings. The molecule has 0 saturated carbocycles. The Morgan fingerprint density at radius 1 is 0.818 bits per heavy atom. The van der Waals surface area contributed by atoms with Gasteiger partial charge in [0, 0.05) is 18.8 Å². The predicted octanol–water partition coefficient (Wildman–Crippen LogP) is 4.09. The number of hydrogen-bond acceptors (Lipinski definition) is 2. The first-order valence-corrected chi connectivity index (χ1v) is 8.24. The van der Waals surface area contributed by atoms with Crippen molar-refractivity contribution in [3.8, 4) is 0 Å². The summed E-state index contributed by atoms with van der Waals surface area (Å²) >= 11 is 0. The molecule has 3 rings (SSSR count). The molecule has 116 valence electrons. The molecule has 0 aliphatic carbocycles. The van der Waals surface area contributed by atoms with Gasteiger partial charge >= 0.3 is 0 Å². The lowest BCUT2D eigenvalue weighted by atomic mass is 10.0. The Morgan fingerprint density at radius 3 is 1.95 bits per heavy atom. The van der Waals surface area contributed by atoms with Crippen LogP contribution < -0.4 is 4.90 Å². The molecule has 0 N–H and O–H groups in total. The highest BCUT2D eigenvalue weighted by Gasteiger charge is 2.22. The molecule has 2 atom stereocenters. The van der Waals surface area contributed by atoms with E-state index in [0.717, 1.165) is 25.9 Å². The minimum Gasteiger partial charge on any atom is -0.372 e. The second-order valence-corrected chi connectivity index (χ2v) is 6.31. The van der Waals surface area contributed by atoms with E-state index in [-0.39, 0.29) is 0 Å². The summed E-state index contributed by atoms with van der Waals surface area (Å²) in [6, 6.07) is 19.7. The van der Waals surface area contributed by atoms with Gasteiger partial charge in [-0.25, -0.2) is 0 Å². The number of ether oxygens (including phenoxy) is 1. The van der Waals surface area contributed by atoms with E-state index in [0.29, 0.717) is 12.2 Å². The SMILES string of the molecule is C[C@@H]1CN(c2ccc(CCc3ccccc3)cc2)C[C@H](C)O1. The molecule has 2 aromatic rings. The summed E-state index contributed by atoms with van der Waals surface area (Å²) < 4.78 is 5.81. The van der Waals surface area contributed by atoms with Crippen LogP contribution in [0.15, 0.2) is 54.6 Å². The van der Waals surface area contributed by atoms with Crippen LogP contribution in [0.2, 0.25) is 0 Å². The van der Waals surface area contributed by atoms with Gasteiger partial charge in [-0.2, -0.15) is 0 Å². The molecule has 0 unspecified atom stereocenters. The van der Waals surface area contributed by atoms with Gasteiger partial charge in [-0.3, -0.25) is 0 Å². The van der Waals surface area contributed by atoms with Crippen molar-refractivity contribution in [3.05, 3.63) is 65.7 Å². The average Bonchev–Trinajstić information content (AvgIpc) is 2.53. The van der Waals surface area contributed by atoms with Crippen LogP contribution >= 0.6 is 0 Å². The lowest BCUT2D eigenvalue weighted by molar-refractivity contribution is -0.00521. The lowest BCUT2D eigenvalue weighted by Crippen LogP contribution is -2.45. The zero-order valence-electron chi connectivity index (χ0n) is 13.5. The van der Waals surface area contributed by atoms with Gasteiger partial charge in [0.25, 0.3) is 0 Å². The van der Waals surface area contributed by atoms with Crippen molar-refractivity contribution in [2.45, 2.75) is 38.9 Å². The third-order valence-electron chi connectivity index (χ3n) is 4.27. The van der Waals surface area contributed by atoms with Gasteiger partial charge in [0.1, 0.15) is 0 Å². The minimum absolute atomic E-state index is 0.307. The fourth-order valence-electron chi connectivity index (χ4n) is 3.20. The number of anilines is 1. The minimum atomic E-state index is 0.307. The van der Waals surface area contributed by atoms with E-state index >= 15 is 0 Å². The maximum Gasteiger partial charge on any atom is 0.0726 e. The van der Waals surface area contributed by atoms with Crippen molar-refractivity contribution in [2.75, 3.05) is 18.0 Å². The van der Waals surface area contributed by atoms with Crippen molar-refractivity contribution in [3.63, 3.8) is 0 Å². The first-order valence-electron chi connectivity index (χ1n) is 8.24. The highest BCUT2D eigenvalue weighted by molar-refractivity contribution is 5.48. The molecule has 2 aromatic carbocycles. The quantitative estimate of drug-likeness (QED) is 0.842. The standard InChI is InChI=1S/C20H25NO/c1-16-14-21(15-17(2)22-16)20-12-10-19(11-13-20)9-8-18-6-4-3-5-7-18/h3-7,10-13,16-17H,8-9,14-15H2,1-2H3/t16-,17+. The fraction of sp³-hybridized carbons (Fsp3) is 0.400. The molecule has 0 bridgehead atoms. The topological polar surface area (TPSA) is 12.5 Å². The summed E-state index contributed by atoms with van der Waals surface area (Å²) in [5.74, 6) is 0. The lowest BCUT2D eigenvalue weighted by Gasteiger charge is -2.36. The Bertz CT molecular complexity index is 568. The van der Waals surface area contributed by atoms with E-state index in [1.54, 1.807) is 0 Å². The smallest absolute Gasteiger partial charge is 0.0726 e. The number of benzene rings is 2. The molecule has 0 radical (unpaired) electrons. The highest BCUT2D eigenvalue weighted by Crippen LogP contribution is 2.21. The van der Waals surface area contributed by atoms with E-state index in [1.165, 1.54) is 16.8 Å². The Morgan fingerprint density at radius 2 is 1.36 bits per heavy atom. The molecule has 1 heterocycles. The summed E-state index contributed by atoms with van der Waals surface area (Å²) in [7, 11) is 0. The molecule has 1 saturated heterocycles. The predicted molar refractivity (Wildman–Crippen MR) is 92.5 cm³/mol. The van der Waals surface area contributed by atoms with Crippen LogP contribution in [0.3, 0.4) is 0 Å². The van der Waals surface area contributed by atoms with Crippen LogP contribution in [0.25, 0.3) is 0 Å². The molecule has 0 aromatic heterocycles. The van der Waals surface area contributed by atoms with E-state index in [9.17, 15) is 0 Å². The number of nitrogens with zero attached hydrogens (tertiary/aromatic N) is 1. The van der Waals surface area contributed by atoms with Crippen LogP contribution in [0.5, 0.6) is 0 Å². The number of hydrogen-bond donors (Lipinski definition) is 0. The maximum absolute atomic E-state index is 5.81. The first-order chi connectivity index (χ1) is 10.7. The van der Waals surface area contributed by atoms with Gasteiger partial charge < -0.3 is 9.64 Å². The number of morpholine rings is 1. The summed E-state index contributed by atoms with van der Waals surface area (Å²) in [6.07, 6.45) is 2.81. The number of rotatable bonds is 4. The Balaban J connectivity index is 1.60. The molecule has 2 nitrogen and oxygen atoms in total. The third-order valence-corrected chi connectivity index (χ3v) is 4.27. The normalized spacial score (nSPS) is 21.8. The Kier molecular flexibility index (Phi) is 4.79. The highest BCUT2D eigenvalue weighted by atomic mass is 16.5. The van der Waals surface area contributed by atoms with Gasteiger partial charge in [-0.05, 0) is 49.9 Å². The van der Waals surface area contributed by atoms with Crippen molar-refractivity contribution in [2.24, 2.45) is 0 Å². The zero-order chi connectivity index (χ0) is 15.4. The molecule has 22 heavy (non-hydrogen) atoms. The summed E-state index contributed by atoms with van der Waals surface area (Å²) in [5, 5.41) is 0. The summed E-state index contributed by atoms with van der Waals surface area (Å²) in [4.78, 5) is 2.43. The van der Waals surface area contributed by atoms with E-state index in [4.69, 9.17) is 4.74 Å². The summed E-state index contributed by atoms with van der Waals surface area (Å²) in [5.41, 5.74) is 4.12. The van der Waals surface area contributed by atoms with E-state index in [2.05, 4.69) is 73.3 Å². The Labute approximate surface area is 133 Å². The van der Waals surface area contributed by atoms with Crippen LogP contribution in [0, 0.1) is 0 Å². The van der Waals surface area contributed by atoms with Crippen LogP contribution in [0.4, 0.5) is 5.69 Å². The van der Waals surface area contributed by atoms with Crippen molar-refractivity contribution >= 4 is 5.69 Å². The molecule has 1 aliphatic heterocycles. The van der Waals surface area contributed by atoms with Gasteiger partial charge in [-0.15, -0.1) is 0 Å². The van der Waals surface area contributed by atoms with Crippen molar-refractivity contribution in [1.82, 2.24) is 0 Å². The van der Waals surface area contributed by atoms with E-state index in [1.807, 2.05) is 0 Å². The van der Waals surface area contributed by atoms with Crippen LogP contribution in [0.1, 0.15) is 25.0 Å². The fourth-order valence-corrected chi connectivity index (χ4v) is 3.20. The molecule has 0 spiro atoms. The molecular weight excluding hydrogens is 270 g/mol. The maximum atomic E-state index is 5.81. The van der Waals surface area contributed by atoms with Gasteiger partial charge in [0.15, 0.2) is 0 Å². The number of aryl methyl sites for hydroxylation is 2. The van der Waals surface area contributed by atoms with E-state index < -0.39 is 0 Å². The van der Waals surface area contributed by atoms with Crippen molar-refractivity contribution < 1.29 is 4.74 Å². The largest absolute Gasteiger partial charge is 0.372 e. The molecule has 0 amide bonds. The molecule has 1 aliphatic rings. The molecule has 2 heteroatoms. The molecular formula is C20H25NO. The van der Waals surface area contributed by atoms with Gasteiger partial charge in [0.2, 0.25) is 0 Å². The van der Waals surface area contributed by atoms with Crippen LogP contribution in [-0.2, 0) is 17.6 Å². The Hall–Kier alpha value is -1.80. The van der Waals surface area contributed by atoms with Gasteiger partial charge in [-0.1, -0.05) is 42.5 Å². The van der Waals surface area contributed by atoms with Gasteiger partial charge in [0.05, 0.1) is 12.2 Å². The average molecular weight is 295 g/mol. The second kappa shape index (κ2) is 6.97. The zero-order valence-corrected chi connectivity index (χ0v) is 13.5. The third kappa shape index (κ3) is 3.89.